The number of likely N-dealkylation sites (tertiary alicyclic amines) is 1. The number of para-hydroxylation sites is 1. The molecule has 4 aromatic rings. The first-order valence-corrected chi connectivity index (χ1v) is 11.3. The van der Waals surface area contributed by atoms with Gasteiger partial charge in [0, 0.05) is 31.5 Å². The molecule has 3 heterocycles. The number of nitrogens with two attached hydrogens (primary N) is 1. The van der Waals surface area contributed by atoms with Gasteiger partial charge in [-0.3, -0.25) is 9.59 Å². The molecule has 10 heteroatoms. The summed E-state index contributed by atoms with van der Waals surface area (Å²) in [6.45, 7) is 2.92. The molecular formula is C25H24FN7O2. The van der Waals surface area contributed by atoms with Gasteiger partial charge in [-0.15, -0.1) is 0 Å². The Kier molecular flexibility index (Phi) is 5.86. The highest BCUT2D eigenvalue weighted by Gasteiger charge is 2.28. The first kappa shape index (κ1) is 22.5. The SMILES string of the molecule is CC(=O)N1CCC(c2nn(-c3ccc(C(=O)Nc4ccccc4F)cc3)c3c(N)ncnc23)CC1. The molecule has 0 bridgehead atoms. The van der Waals surface area contributed by atoms with E-state index in [0.717, 1.165) is 18.5 Å². The average Bonchev–Trinajstić information content (AvgIpc) is 3.26. The first-order chi connectivity index (χ1) is 16.9. The molecule has 1 saturated heterocycles. The second-order valence-corrected chi connectivity index (χ2v) is 8.51. The second kappa shape index (κ2) is 9.13. The largest absolute Gasteiger partial charge is 0.382 e. The number of carbonyl (C=O) groups excluding carboxylic acids is 2. The molecule has 0 atom stereocenters. The molecular weight excluding hydrogens is 449 g/mol. The van der Waals surface area contributed by atoms with Gasteiger partial charge in [0.15, 0.2) is 5.82 Å². The molecule has 0 radical (unpaired) electrons. The summed E-state index contributed by atoms with van der Waals surface area (Å²) in [4.78, 5) is 34.7. The smallest absolute Gasteiger partial charge is 0.255 e. The molecule has 2 aromatic heterocycles. The molecule has 9 nitrogen and oxygen atoms in total. The van der Waals surface area contributed by atoms with Crippen LogP contribution in [0, 0.1) is 5.82 Å². The van der Waals surface area contributed by atoms with Gasteiger partial charge in [-0.25, -0.2) is 19.0 Å². The van der Waals surface area contributed by atoms with Crippen molar-refractivity contribution in [3.05, 3.63) is 71.9 Å². The molecule has 0 saturated carbocycles. The lowest BCUT2D eigenvalue weighted by molar-refractivity contribution is -0.129. The van der Waals surface area contributed by atoms with Crippen molar-refractivity contribution in [3.63, 3.8) is 0 Å². The maximum Gasteiger partial charge on any atom is 0.255 e. The lowest BCUT2D eigenvalue weighted by Crippen LogP contribution is -2.36. The van der Waals surface area contributed by atoms with Crippen molar-refractivity contribution < 1.29 is 14.0 Å². The number of aromatic nitrogens is 4. The van der Waals surface area contributed by atoms with Crippen molar-refractivity contribution in [3.8, 4) is 5.69 Å². The summed E-state index contributed by atoms with van der Waals surface area (Å²) in [6.07, 6.45) is 2.99. The van der Waals surface area contributed by atoms with Crippen LogP contribution < -0.4 is 11.1 Å². The molecule has 1 aliphatic heterocycles. The minimum atomic E-state index is -0.502. The van der Waals surface area contributed by atoms with Gasteiger partial charge in [-0.05, 0) is 49.2 Å². The number of hydrogen-bond donors (Lipinski definition) is 2. The number of nitrogen functional groups attached to an aromatic ring is 1. The summed E-state index contributed by atoms with van der Waals surface area (Å²) in [5.41, 5.74) is 9.48. The number of halogens is 1. The van der Waals surface area contributed by atoms with Crippen LogP contribution in [0.3, 0.4) is 0 Å². The lowest BCUT2D eigenvalue weighted by Gasteiger charge is -2.30. The standard InChI is InChI=1S/C25H24FN7O2/c1-15(34)32-12-10-16(11-13-32)21-22-23(24(27)29-14-28-22)33(31-21)18-8-6-17(7-9-18)25(35)30-20-5-3-2-4-19(20)26/h2-9,14,16H,10-13H2,1H3,(H,30,35)(H2,27,28,29). The number of benzene rings is 2. The normalized spacial score (nSPS) is 14.3. The number of amides is 2. The second-order valence-electron chi connectivity index (χ2n) is 8.51. The highest BCUT2D eigenvalue weighted by atomic mass is 19.1. The summed E-state index contributed by atoms with van der Waals surface area (Å²) < 4.78 is 15.6. The van der Waals surface area contributed by atoms with E-state index in [4.69, 9.17) is 10.8 Å². The topological polar surface area (TPSA) is 119 Å². The average molecular weight is 474 g/mol. The quantitative estimate of drug-likeness (QED) is 0.468. The molecule has 35 heavy (non-hydrogen) atoms. The van der Waals surface area contributed by atoms with Crippen LogP contribution in [0.15, 0.2) is 54.9 Å². The Morgan fingerprint density at radius 1 is 1.06 bits per heavy atom. The highest BCUT2D eigenvalue weighted by molar-refractivity contribution is 6.04. The Hall–Kier alpha value is -4.34. The van der Waals surface area contributed by atoms with Crippen LogP contribution in [-0.4, -0.2) is 49.6 Å². The minimum Gasteiger partial charge on any atom is -0.382 e. The molecule has 1 fully saturated rings. The van der Waals surface area contributed by atoms with Crippen LogP contribution in [0.25, 0.3) is 16.7 Å². The Balaban J connectivity index is 1.44. The predicted molar refractivity (Wildman–Crippen MR) is 130 cm³/mol. The number of carbonyl (C=O) groups is 2. The first-order valence-electron chi connectivity index (χ1n) is 11.3. The molecule has 5 rings (SSSR count). The van der Waals surface area contributed by atoms with Crippen LogP contribution in [0.5, 0.6) is 0 Å². The molecule has 0 aliphatic carbocycles. The van der Waals surface area contributed by atoms with E-state index in [1.165, 1.54) is 18.5 Å². The molecule has 3 N–H and O–H groups in total. The summed E-state index contributed by atoms with van der Waals surface area (Å²) in [5.74, 6) is -0.416. The zero-order valence-electron chi connectivity index (χ0n) is 19.1. The van der Waals surface area contributed by atoms with Crippen molar-refractivity contribution in [2.24, 2.45) is 0 Å². The van der Waals surface area contributed by atoms with Gasteiger partial charge in [0.05, 0.1) is 17.1 Å². The van der Waals surface area contributed by atoms with Crippen molar-refractivity contribution >= 4 is 34.4 Å². The Morgan fingerprint density at radius 3 is 2.46 bits per heavy atom. The van der Waals surface area contributed by atoms with E-state index in [0.29, 0.717) is 41.2 Å². The van der Waals surface area contributed by atoms with Gasteiger partial charge in [0.1, 0.15) is 23.2 Å². The van der Waals surface area contributed by atoms with E-state index in [2.05, 4.69) is 15.3 Å². The third kappa shape index (κ3) is 4.30. The number of anilines is 2. The Labute approximate surface area is 200 Å². The number of nitrogens with one attached hydrogen (secondary N) is 1. The number of nitrogens with zero attached hydrogens (tertiary/aromatic N) is 5. The van der Waals surface area contributed by atoms with Crippen molar-refractivity contribution in [2.45, 2.75) is 25.7 Å². The van der Waals surface area contributed by atoms with Gasteiger partial charge >= 0.3 is 0 Å². The van der Waals surface area contributed by atoms with Crippen LogP contribution in [-0.2, 0) is 4.79 Å². The van der Waals surface area contributed by atoms with E-state index in [-0.39, 0.29) is 17.5 Å². The Bertz CT molecular complexity index is 1410. The van der Waals surface area contributed by atoms with Crippen molar-refractivity contribution in [1.82, 2.24) is 24.6 Å². The minimum absolute atomic E-state index is 0.0736. The third-order valence-electron chi connectivity index (χ3n) is 6.34. The van der Waals surface area contributed by atoms with Gasteiger partial charge in [0.2, 0.25) is 5.91 Å². The van der Waals surface area contributed by atoms with E-state index >= 15 is 0 Å². The van der Waals surface area contributed by atoms with Crippen LogP contribution >= 0.6 is 0 Å². The summed E-state index contributed by atoms with van der Waals surface area (Å²) in [5, 5.41) is 7.43. The zero-order chi connectivity index (χ0) is 24.5. The van der Waals surface area contributed by atoms with Gasteiger partial charge in [-0.2, -0.15) is 5.10 Å². The number of fused-ring (bicyclic) bond motifs is 1. The van der Waals surface area contributed by atoms with Crippen molar-refractivity contribution in [2.75, 3.05) is 24.1 Å². The molecule has 2 amide bonds. The van der Waals surface area contributed by atoms with Crippen LogP contribution in [0.4, 0.5) is 15.9 Å². The fourth-order valence-electron chi connectivity index (χ4n) is 4.43. The van der Waals surface area contributed by atoms with Gasteiger partial charge in [-0.1, -0.05) is 12.1 Å². The highest BCUT2D eigenvalue weighted by Crippen LogP contribution is 2.34. The summed E-state index contributed by atoms with van der Waals surface area (Å²) in [7, 11) is 0. The fraction of sp³-hybridized carbons (Fsp3) is 0.240. The molecule has 0 unspecified atom stereocenters. The maximum absolute atomic E-state index is 13.9. The summed E-state index contributed by atoms with van der Waals surface area (Å²) in [6, 6.07) is 12.8. The number of piperidine rings is 1. The predicted octanol–water partition coefficient (Wildman–Crippen LogP) is 3.52. The monoisotopic (exact) mass is 473 g/mol. The van der Waals surface area contributed by atoms with Gasteiger partial charge in [0.25, 0.3) is 5.91 Å². The van der Waals surface area contributed by atoms with Crippen molar-refractivity contribution in [1.29, 1.82) is 0 Å². The molecule has 1 aliphatic rings. The lowest BCUT2D eigenvalue weighted by atomic mass is 9.93. The zero-order valence-corrected chi connectivity index (χ0v) is 19.1. The fourth-order valence-corrected chi connectivity index (χ4v) is 4.43. The molecule has 0 spiro atoms. The van der Waals surface area contributed by atoms with E-state index in [1.807, 2.05) is 4.90 Å². The maximum atomic E-state index is 13.9. The number of rotatable bonds is 4. The van der Waals surface area contributed by atoms with E-state index in [9.17, 15) is 14.0 Å². The van der Waals surface area contributed by atoms with Crippen LogP contribution in [0.1, 0.15) is 41.7 Å². The molecule has 178 valence electrons. The summed E-state index contributed by atoms with van der Waals surface area (Å²) >= 11 is 0. The van der Waals surface area contributed by atoms with Gasteiger partial charge < -0.3 is 16.0 Å². The third-order valence-corrected chi connectivity index (χ3v) is 6.34. The molecule has 2 aromatic carbocycles. The van der Waals surface area contributed by atoms with Crippen LogP contribution in [0.2, 0.25) is 0 Å². The number of hydrogen-bond acceptors (Lipinski definition) is 6. The van der Waals surface area contributed by atoms with E-state index in [1.54, 1.807) is 48.0 Å². The van der Waals surface area contributed by atoms with E-state index < -0.39 is 11.7 Å². The Morgan fingerprint density at radius 2 is 1.77 bits per heavy atom.